The van der Waals surface area contributed by atoms with Crippen molar-refractivity contribution in [2.45, 2.75) is 37.3 Å². The van der Waals surface area contributed by atoms with Crippen molar-refractivity contribution in [2.24, 2.45) is 0 Å². The monoisotopic (exact) mass is 270 g/mol. The zero-order chi connectivity index (χ0) is 14.6. The lowest BCUT2D eigenvalue weighted by Crippen LogP contribution is -2.46. The third-order valence-corrected chi connectivity index (χ3v) is 1.99. The summed E-state index contributed by atoms with van der Waals surface area (Å²) < 4.78 is 0. The van der Waals surface area contributed by atoms with Crippen molar-refractivity contribution in [1.29, 1.82) is 0 Å². The lowest BCUT2D eigenvalue weighted by molar-refractivity contribution is -0.136. The Labute approximate surface area is 105 Å². The highest BCUT2D eigenvalue weighted by molar-refractivity contribution is 5.56. The van der Waals surface area contributed by atoms with Crippen LogP contribution in [0.3, 0.4) is 0 Å². The first-order valence-corrected chi connectivity index (χ1v) is 5.46. The largest absolute Gasteiger partial charge is 0.396 e. The Morgan fingerprint density at radius 2 is 1.28 bits per heavy atom. The van der Waals surface area contributed by atoms with E-state index in [4.69, 9.17) is 35.7 Å². The van der Waals surface area contributed by atoms with Crippen molar-refractivity contribution >= 4 is 6.29 Å². The summed E-state index contributed by atoms with van der Waals surface area (Å²) in [5.74, 6) is 0. The van der Waals surface area contributed by atoms with Crippen molar-refractivity contribution in [3.05, 3.63) is 0 Å². The van der Waals surface area contributed by atoms with Gasteiger partial charge in [-0.1, -0.05) is 0 Å². The first-order valence-electron chi connectivity index (χ1n) is 5.46. The Morgan fingerprint density at radius 1 is 0.833 bits per heavy atom. The molecule has 0 aromatic heterocycles. The Hall–Kier alpha value is -0.610. The van der Waals surface area contributed by atoms with E-state index in [2.05, 4.69) is 0 Å². The summed E-state index contributed by atoms with van der Waals surface area (Å²) in [5, 5.41) is 59.7. The van der Waals surface area contributed by atoms with Gasteiger partial charge in [0.25, 0.3) is 0 Å². The zero-order valence-electron chi connectivity index (χ0n) is 9.96. The van der Waals surface area contributed by atoms with Crippen LogP contribution in [0.4, 0.5) is 0 Å². The molecule has 0 aliphatic heterocycles. The fraction of sp³-hybridized carbons (Fsp3) is 0.900. The molecular formula is C10H22O8. The van der Waals surface area contributed by atoms with Crippen molar-refractivity contribution in [2.75, 3.05) is 19.8 Å². The maximum atomic E-state index is 9.90. The summed E-state index contributed by atoms with van der Waals surface area (Å²) in [6.45, 7) is -0.370. The smallest absolute Gasteiger partial charge is 0.151 e. The summed E-state index contributed by atoms with van der Waals surface area (Å²) in [4.78, 5) is 9.90. The number of hydrogen-bond acceptors (Lipinski definition) is 8. The molecule has 7 N–H and O–H groups in total. The molecular weight excluding hydrogens is 248 g/mol. The molecule has 0 spiro atoms. The third-order valence-electron chi connectivity index (χ3n) is 1.99. The number of unbranched alkanes of at least 4 members (excludes halogenated alkanes) is 1. The van der Waals surface area contributed by atoms with Gasteiger partial charge in [-0.2, -0.15) is 0 Å². The first kappa shape index (κ1) is 19.7. The predicted octanol–water partition coefficient (Wildman–Crippen LogP) is -3.63. The molecule has 0 radical (unpaired) electrons. The molecule has 0 aliphatic rings. The van der Waals surface area contributed by atoms with E-state index in [1.165, 1.54) is 0 Å². The average molecular weight is 270 g/mol. The molecule has 0 bridgehead atoms. The molecule has 0 fully saturated rings. The number of carbonyl (C=O) groups excluding carboxylic acids is 1. The average Bonchev–Trinajstić information content (AvgIpc) is 2.42. The number of carbonyl (C=O) groups is 1. The molecule has 0 heterocycles. The van der Waals surface area contributed by atoms with Crippen LogP contribution in [0.1, 0.15) is 12.8 Å². The van der Waals surface area contributed by atoms with Gasteiger partial charge in [-0.3, -0.25) is 0 Å². The Kier molecular flexibility index (Phi) is 14.1. The lowest BCUT2D eigenvalue weighted by atomic mass is 10.0. The fourth-order valence-corrected chi connectivity index (χ4v) is 0.842. The van der Waals surface area contributed by atoms with Crippen molar-refractivity contribution in [3.63, 3.8) is 0 Å². The molecule has 0 aromatic rings. The molecule has 0 rings (SSSR count). The van der Waals surface area contributed by atoms with Crippen LogP contribution < -0.4 is 0 Å². The third kappa shape index (κ3) is 9.42. The van der Waals surface area contributed by atoms with Gasteiger partial charge in [-0.15, -0.1) is 0 Å². The van der Waals surface area contributed by atoms with E-state index < -0.39 is 31.0 Å². The van der Waals surface area contributed by atoms with Gasteiger partial charge in [0.2, 0.25) is 0 Å². The molecule has 0 unspecified atom stereocenters. The molecule has 110 valence electrons. The van der Waals surface area contributed by atoms with Crippen LogP contribution in [-0.2, 0) is 4.79 Å². The van der Waals surface area contributed by atoms with E-state index in [-0.39, 0.29) is 19.5 Å². The molecule has 8 nitrogen and oxygen atoms in total. The molecule has 0 aliphatic carbocycles. The standard InChI is InChI=1S/C6H12O6.C4H10O2/c7-1-3(9)5(11)6(12)4(10)2-8;5-3-1-2-4-6/h1,3-6,8-12H,2H2;5-6H,1-4H2/t3-,4+,5+,6+;/m0./s1. The number of rotatable bonds is 8. The molecule has 4 atom stereocenters. The highest BCUT2D eigenvalue weighted by atomic mass is 16.4. The van der Waals surface area contributed by atoms with Gasteiger partial charge in [0, 0.05) is 13.2 Å². The number of aliphatic hydroxyl groups excluding tert-OH is 7. The topological polar surface area (TPSA) is 159 Å². The SMILES string of the molecule is O=C[C@H](O)[C@@H](O)[C@H](O)[C@H](O)CO.OCCCCO. The number of aliphatic hydroxyl groups is 7. The maximum Gasteiger partial charge on any atom is 0.151 e. The minimum absolute atomic E-state index is 0.0258. The first-order chi connectivity index (χ1) is 8.45. The van der Waals surface area contributed by atoms with Gasteiger partial charge in [-0.25, -0.2) is 0 Å². The Bertz CT molecular complexity index is 185. The van der Waals surface area contributed by atoms with E-state index in [1.54, 1.807) is 0 Å². The quantitative estimate of drug-likeness (QED) is 0.176. The van der Waals surface area contributed by atoms with Crippen molar-refractivity contribution in [1.82, 2.24) is 0 Å². The van der Waals surface area contributed by atoms with E-state index in [9.17, 15) is 4.79 Å². The molecule has 0 saturated heterocycles. The Morgan fingerprint density at radius 3 is 1.56 bits per heavy atom. The minimum atomic E-state index is -1.79. The highest BCUT2D eigenvalue weighted by Gasteiger charge is 2.29. The van der Waals surface area contributed by atoms with Crippen LogP contribution >= 0.6 is 0 Å². The maximum absolute atomic E-state index is 9.90. The van der Waals surface area contributed by atoms with Crippen LogP contribution in [-0.4, -0.2) is 86.3 Å². The highest BCUT2D eigenvalue weighted by Crippen LogP contribution is 2.02. The fourth-order valence-electron chi connectivity index (χ4n) is 0.842. The summed E-state index contributed by atoms with van der Waals surface area (Å²) in [5.41, 5.74) is 0. The summed E-state index contributed by atoms with van der Waals surface area (Å²) in [6.07, 6.45) is -5.40. The minimum Gasteiger partial charge on any atom is -0.396 e. The van der Waals surface area contributed by atoms with Crippen molar-refractivity contribution in [3.8, 4) is 0 Å². The summed E-state index contributed by atoms with van der Waals surface area (Å²) >= 11 is 0. The molecule has 0 saturated carbocycles. The van der Waals surface area contributed by atoms with E-state index in [0.717, 1.165) is 12.8 Å². The normalized spacial score (nSPS) is 17.1. The summed E-state index contributed by atoms with van der Waals surface area (Å²) in [6, 6.07) is 0. The van der Waals surface area contributed by atoms with Gasteiger partial charge < -0.3 is 40.5 Å². The van der Waals surface area contributed by atoms with Crippen LogP contribution in [0.25, 0.3) is 0 Å². The van der Waals surface area contributed by atoms with E-state index in [1.807, 2.05) is 0 Å². The summed E-state index contributed by atoms with van der Waals surface area (Å²) in [7, 11) is 0. The molecule has 0 aromatic carbocycles. The second-order valence-corrected chi connectivity index (χ2v) is 3.51. The van der Waals surface area contributed by atoms with Gasteiger partial charge >= 0.3 is 0 Å². The van der Waals surface area contributed by atoms with Gasteiger partial charge in [0.15, 0.2) is 6.29 Å². The van der Waals surface area contributed by atoms with Crippen LogP contribution in [0, 0.1) is 0 Å². The van der Waals surface area contributed by atoms with E-state index in [0.29, 0.717) is 0 Å². The second kappa shape index (κ2) is 12.8. The van der Waals surface area contributed by atoms with Gasteiger partial charge in [-0.05, 0) is 12.8 Å². The zero-order valence-corrected chi connectivity index (χ0v) is 9.96. The second-order valence-electron chi connectivity index (χ2n) is 3.51. The number of aldehydes is 1. The van der Waals surface area contributed by atoms with Crippen LogP contribution in [0.2, 0.25) is 0 Å². The van der Waals surface area contributed by atoms with Crippen LogP contribution in [0.5, 0.6) is 0 Å². The van der Waals surface area contributed by atoms with Crippen LogP contribution in [0.15, 0.2) is 0 Å². The molecule has 8 heteroatoms. The van der Waals surface area contributed by atoms with E-state index >= 15 is 0 Å². The predicted molar refractivity (Wildman–Crippen MR) is 60.6 cm³/mol. The van der Waals surface area contributed by atoms with Crippen molar-refractivity contribution < 1.29 is 40.5 Å². The molecule has 18 heavy (non-hydrogen) atoms. The number of hydrogen-bond donors (Lipinski definition) is 7. The lowest BCUT2D eigenvalue weighted by Gasteiger charge is -2.22. The Balaban J connectivity index is 0. The van der Waals surface area contributed by atoms with Gasteiger partial charge in [0.1, 0.15) is 24.4 Å². The molecule has 0 amide bonds. The van der Waals surface area contributed by atoms with Gasteiger partial charge in [0.05, 0.1) is 6.61 Å².